The Balaban J connectivity index is 2.13. The van der Waals surface area contributed by atoms with E-state index >= 15 is 0 Å². The van der Waals surface area contributed by atoms with Crippen LogP contribution in [-0.2, 0) is 6.42 Å². The summed E-state index contributed by atoms with van der Waals surface area (Å²) in [4.78, 5) is 0. The Morgan fingerprint density at radius 1 is 1.21 bits per heavy atom. The molecule has 0 bridgehead atoms. The van der Waals surface area contributed by atoms with Crippen LogP contribution in [-0.4, -0.2) is 7.11 Å². The van der Waals surface area contributed by atoms with E-state index in [2.05, 4.69) is 15.9 Å². The van der Waals surface area contributed by atoms with Crippen LogP contribution in [0.15, 0.2) is 46.9 Å². The SMILES string of the molecule is COc1ccc(CC(N)c2ccc(Br)cc2F)cc1. The Morgan fingerprint density at radius 2 is 1.89 bits per heavy atom. The zero-order chi connectivity index (χ0) is 13.8. The van der Waals surface area contributed by atoms with E-state index in [0.717, 1.165) is 11.3 Å². The fourth-order valence-corrected chi connectivity index (χ4v) is 2.26. The molecule has 0 aromatic heterocycles. The Bertz CT molecular complexity index is 557. The third kappa shape index (κ3) is 3.55. The topological polar surface area (TPSA) is 35.2 Å². The average Bonchev–Trinajstić information content (AvgIpc) is 2.39. The predicted octanol–water partition coefficient (Wildman–Crippen LogP) is 3.84. The molecule has 2 N–H and O–H groups in total. The molecular formula is C15H15BrFNO. The molecule has 0 spiro atoms. The summed E-state index contributed by atoms with van der Waals surface area (Å²) in [6.45, 7) is 0. The molecular weight excluding hydrogens is 309 g/mol. The Kier molecular flexibility index (Phi) is 4.56. The van der Waals surface area contributed by atoms with E-state index < -0.39 is 0 Å². The molecule has 2 aromatic carbocycles. The molecule has 4 heteroatoms. The van der Waals surface area contributed by atoms with Gasteiger partial charge in [0.2, 0.25) is 0 Å². The van der Waals surface area contributed by atoms with E-state index in [0.29, 0.717) is 16.5 Å². The van der Waals surface area contributed by atoms with Crippen molar-refractivity contribution in [1.82, 2.24) is 0 Å². The molecule has 0 fully saturated rings. The number of hydrogen-bond donors (Lipinski definition) is 1. The number of halogens is 2. The van der Waals surface area contributed by atoms with Crippen molar-refractivity contribution in [2.75, 3.05) is 7.11 Å². The Labute approximate surface area is 120 Å². The van der Waals surface area contributed by atoms with E-state index in [1.54, 1.807) is 19.2 Å². The summed E-state index contributed by atoms with van der Waals surface area (Å²) in [5.74, 6) is 0.516. The predicted molar refractivity (Wildman–Crippen MR) is 77.7 cm³/mol. The van der Waals surface area contributed by atoms with Crippen molar-refractivity contribution in [2.45, 2.75) is 12.5 Å². The summed E-state index contributed by atoms with van der Waals surface area (Å²) in [6, 6.07) is 12.2. The first kappa shape index (κ1) is 14.0. The second kappa shape index (κ2) is 6.17. The number of benzene rings is 2. The summed E-state index contributed by atoms with van der Waals surface area (Å²) in [7, 11) is 1.62. The summed E-state index contributed by atoms with van der Waals surface area (Å²) in [5.41, 5.74) is 7.64. The molecule has 0 heterocycles. The maximum absolute atomic E-state index is 13.8. The number of ether oxygens (including phenoxy) is 1. The van der Waals surface area contributed by atoms with Crippen molar-refractivity contribution in [1.29, 1.82) is 0 Å². The highest BCUT2D eigenvalue weighted by Gasteiger charge is 2.12. The van der Waals surface area contributed by atoms with Crippen LogP contribution in [0.2, 0.25) is 0 Å². The molecule has 0 aliphatic heterocycles. The minimum absolute atomic E-state index is 0.282. The monoisotopic (exact) mass is 323 g/mol. The van der Waals surface area contributed by atoms with Crippen molar-refractivity contribution in [3.63, 3.8) is 0 Å². The lowest BCUT2D eigenvalue weighted by molar-refractivity contribution is 0.414. The number of hydrogen-bond acceptors (Lipinski definition) is 2. The standard InChI is InChI=1S/C15H15BrFNO/c1-19-12-5-2-10(3-6-12)8-15(18)13-7-4-11(16)9-14(13)17/h2-7,9,15H,8,18H2,1H3. The highest BCUT2D eigenvalue weighted by Crippen LogP contribution is 2.23. The first-order chi connectivity index (χ1) is 9.10. The molecule has 1 unspecified atom stereocenters. The average molecular weight is 324 g/mol. The van der Waals surface area contributed by atoms with Crippen LogP contribution in [0.3, 0.4) is 0 Å². The van der Waals surface area contributed by atoms with Gasteiger partial charge in [-0.05, 0) is 36.2 Å². The highest BCUT2D eigenvalue weighted by atomic mass is 79.9. The lowest BCUT2D eigenvalue weighted by Gasteiger charge is -2.13. The van der Waals surface area contributed by atoms with E-state index in [1.807, 2.05) is 24.3 Å². The third-order valence-electron chi connectivity index (χ3n) is 2.98. The van der Waals surface area contributed by atoms with Crippen molar-refractivity contribution < 1.29 is 9.13 Å². The van der Waals surface area contributed by atoms with Gasteiger partial charge in [0.15, 0.2) is 0 Å². The van der Waals surface area contributed by atoms with E-state index in [1.165, 1.54) is 6.07 Å². The normalized spacial score (nSPS) is 12.2. The maximum atomic E-state index is 13.8. The first-order valence-corrected chi connectivity index (χ1v) is 6.73. The number of rotatable bonds is 4. The fourth-order valence-electron chi connectivity index (χ4n) is 1.93. The molecule has 2 rings (SSSR count). The van der Waals surface area contributed by atoms with E-state index in [4.69, 9.17) is 10.5 Å². The van der Waals surface area contributed by atoms with Gasteiger partial charge >= 0.3 is 0 Å². The van der Waals surface area contributed by atoms with Gasteiger partial charge in [-0.2, -0.15) is 0 Å². The van der Waals surface area contributed by atoms with Gasteiger partial charge in [-0.25, -0.2) is 4.39 Å². The first-order valence-electron chi connectivity index (χ1n) is 5.93. The third-order valence-corrected chi connectivity index (χ3v) is 3.47. The van der Waals surface area contributed by atoms with Crippen LogP contribution in [0.25, 0.3) is 0 Å². The zero-order valence-electron chi connectivity index (χ0n) is 10.6. The molecule has 0 aliphatic rings. The quantitative estimate of drug-likeness (QED) is 0.927. The molecule has 100 valence electrons. The van der Waals surface area contributed by atoms with E-state index in [9.17, 15) is 4.39 Å². The van der Waals surface area contributed by atoms with Gasteiger partial charge in [-0.3, -0.25) is 0 Å². The van der Waals surface area contributed by atoms with Gasteiger partial charge in [-0.15, -0.1) is 0 Å². The van der Waals surface area contributed by atoms with Gasteiger partial charge in [0.1, 0.15) is 11.6 Å². The fraction of sp³-hybridized carbons (Fsp3) is 0.200. The summed E-state index contributed by atoms with van der Waals surface area (Å²) >= 11 is 3.23. The Morgan fingerprint density at radius 3 is 2.47 bits per heavy atom. The molecule has 1 atom stereocenters. The summed E-state index contributed by atoms with van der Waals surface area (Å²) in [6.07, 6.45) is 0.586. The largest absolute Gasteiger partial charge is 0.497 e. The molecule has 0 saturated heterocycles. The second-order valence-electron chi connectivity index (χ2n) is 4.32. The van der Waals surface area contributed by atoms with Crippen LogP contribution in [0.5, 0.6) is 5.75 Å². The van der Waals surface area contributed by atoms with Gasteiger partial charge in [0, 0.05) is 16.1 Å². The van der Waals surface area contributed by atoms with Crippen LogP contribution in [0.1, 0.15) is 17.2 Å². The second-order valence-corrected chi connectivity index (χ2v) is 5.24. The Hall–Kier alpha value is -1.39. The lowest BCUT2D eigenvalue weighted by atomic mass is 9.99. The summed E-state index contributed by atoms with van der Waals surface area (Å²) in [5, 5.41) is 0. The van der Waals surface area contributed by atoms with Crippen LogP contribution in [0, 0.1) is 5.82 Å². The van der Waals surface area contributed by atoms with Crippen molar-refractivity contribution >= 4 is 15.9 Å². The zero-order valence-corrected chi connectivity index (χ0v) is 12.2. The molecule has 19 heavy (non-hydrogen) atoms. The van der Waals surface area contributed by atoms with Crippen molar-refractivity contribution in [3.8, 4) is 5.75 Å². The molecule has 0 radical (unpaired) electrons. The molecule has 2 nitrogen and oxygen atoms in total. The van der Waals surface area contributed by atoms with Crippen molar-refractivity contribution in [2.24, 2.45) is 5.73 Å². The van der Waals surface area contributed by atoms with Crippen LogP contribution >= 0.6 is 15.9 Å². The minimum Gasteiger partial charge on any atom is -0.497 e. The van der Waals surface area contributed by atoms with E-state index in [-0.39, 0.29) is 11.9 Å². The van der Waals surface area contributed by atoms with Gasteiger partial charge < -0.3 is 10.5 Å². The molecule has 0 saturated carbocycles. The van der Waals surface area contributed by atoms with Crippen LogP contribution in [0.4, 0.5) is 4.39 Å². The molecule has 0 amide bonds. The lowest BCUT2D eigenvalue weighted by Crippen LogP contribution is -2.15. The molecule has 2 aromatic rings. The minimum atomic E-state index is -0.360. The van der Waals surface area contributed by atoms with Gasteiger partial charge in [0.25, 0.3) is 0 Å². The van der Waals surface area contributed by atoms with Gasteiger partial charge in [-0.1, -0.05) is 34.1 Å². The highest BCUT2D eigenvalue weighted by molar-refractivity contribution is 9.10. The number of nitrogens with two attached hydrogens (primary N) is 1. The van der Waals surface area contributed by atoms with Crippen LogP contribution < -0.4 is 10.5 Å². The summed E-state index contributed by atoms with van der Waals surface area (Å²) < 4.78 is 19.6. The smallest absolute Gasteiger partial charge is 0.129 e. The van der Waals surface area contributed by atoms with Gasteiger partial charge in [0.05, 0.1) is 7.11 Å². The maximum Gasteiger partial charge on any atom is 0.129 e. The van der Waals surface area contributed by atoms with Crippen molar-refractivity contribution in [3.05, 3.63) is 63.9 Å². The molecule has 0 aliphatic carbocycles. The number of methoxy groups -OCH3 is 1.